The summed E-state index contributed by atoms with van der Waals surface area (Å²) in [6, 6.07) is 11.4. The molecule has 0 atom stereocenters. The number of benzene rings is 2. The van der Waals surface area contributed by atoms with Gasteiger partial charge in [0.15, 0.2) is 11.5 Å². The van der Waals surface area contributed by atoms with E-state index in [-0.39, 0.29) is 22.4 Å². The van der Waals surface area contributed by atoms with Crippen LogP contribution in [0.1, 0.15) is 61.7 Å². The number of nitrogens with one attached hydrogen (secondary N) is 2. The minimum Gasteiger partial charge on any atom is -0.448 e. The van der Waals surface area contributed by atoms with Crippen LogP contribution in [0.4, 0.5) is 5.69 Å². The molecule has 8 heteroatoms. The Morgan fingerprint density at radius 3 is 2.45 bits per heavy atom. The number of hydrogen-bond donors (Lipinski definition) is 2. The molecule has 2 aliphatic carbocycles. The third-order valence-corrected chi connectivity index (χ3v) is 7.76. The maximum atomic E-state index is 12.8. The average molecular weight is 443 g/mol. The minimum atomic E-state index is -3.66. The van der Waals surface area contributed by atoms with Crippen molar-refractivity contribution in [2.45, 2.75) is 68.1 Å². The van der Waals surface area contributed by atoms with Gasteiger partial charge in [0.2, 0.25) is 10.0 Å². The minimum absolute atomic E-state index is 0.0284. The van der Waals surface area contributed by atoms with E-state index in [1.807, 2.05) is 0 Å². The molecule has 3 aliphatic rings. The molecule has 2 N–H and O–H groups in total. The highest BCUT2D eigenvalue weighted by Crippen LogP contribution is 2.47. The smallest absolute Gasteiger partial charge is 0.255 e. The van der Waals surface area contributed by atoms with Crippen molar-refractivity contribution in [1.82, 2.24) is 4.72 Å². The summed E-state index contributed by atoms with van der Waals surface area (Å²) in [5.41, 5.74) is 0.846. The maximum Gasteiger partial charge on any atom is 0.255 e. The van der Waals surface area contributed by atoms with Gasteiger partial charge < -0.3 is 14.8 Å². The van der Waals surface area contributed by atoms with Gasteiger partial charge in [-0.25, -0.2) is 13.1 Å². The van der Waals surface area contributed by atoms with E-state index in [1.165, 1.54) is 12.1 Å². The third kappa shape index (κ3) is 4.14. The molecule has 2 aromatic carbocycles. The number of ether oxygens (including phenoxy) is 2. The van der Waals surface area contributed by atoms with Crippen molar-refractivity contribution in [2.75, 3.05) is 5.32 Å². The van der Waals surface area contributed by atoms with Crippen molar-refractivity contribution in [3.8, 4) is 11.5 Å². The van der Waals surface area contributed by atoms with Crippen molar-refractivity contribution < 1.29 is 22.7 Å². The Labute approximate surface area is 182 Å². The molecule has 164 valence electrons. The summed E-state index contributed by atoms with van der Waals surface area (Å²) in [5.74, 6) is 0.370. The van der Waals surface area contributed by atoms with Gasteiger partial charge in [-0.05, 0) is 56.0 Å². The van der Waals surface area contributed by atoms with E-state index in [1.54, 1.807) is 30.3 Å². The molecular formula is C23H26N2O5S. The van der Waals surface area contributed by atoms with E-state index in [0.717, 1.165) is 51.4 Å². The van der Waals surface area contributed by atoms with Crippen molar-refractivity contribution in [3.05, 3.63) is 48.0 Å². The van der Waals surface area contributed by atoms with E-state index in [2.05, 4.69) is 10.0 Å². The fraction of sp³-hybridized carbons (Fsp3) is 0.435. The number of anilines is 1. The summed E-state index contributed by atoms with van der Waals surface area (Å²) in [5, 5.41) is 2.83. The van der Waals surface area contributed by atoms with Crippen LogP contribution < -0.4 is 19.5 Å². The summed E-state index contributed by atoms with van der Waals surface area (Å²) in [4.78, 5) is 12.9. The fourth-order valence-electron chi connectivity index (χ4n) is 4.63. The van der Waals surface area contributed by atoms with E-state index in [9.17, 15) is 13.2 Å². The average Bonchev–Trinajstić information content (AvgIpc) is 3.49. The Bertz CT molecular complexity index is 1100. The lowest BCUT2D eigenvalue weighted by Crippen LogP contribution is -2.34. The zero-order chi connectivity index (χ0) is 21.5. The molecule has 2 fully saturated rings. The third-order valence-electron chi connectivity index (χ3n) is 6.24. The van der Waals surface area contributed by atoms with Crippen molar-refractivity contribution >= 4 is 21.6 Å². The number of fused-ring (bicyclic) bond motifs is 1. The van der Waals surface area contributed by atoms with Crippen LogP contribution in [0.25, 0.3) is 0 Å². The van der Waals surface area contributed by atoms with E-state index in [4.69, 9.17) is 9.47 Å². The summed E-state index contributed by atoms with van der Waals surface area (Å²) in [6.45, 7) is 0. The second-order valence-corrected chi connectivity index (χ2v) is 10.3. The van der Waals surface area contributed by atoms with Crippen LogP contribution in [0.15, 0.2) is 47.4 Å². The standard InChI is InChI=1S/C23H26N2O5S/c26-22(16-6-5-9-19(14-16)31(27,28)25-17-7-1-2-8-17)24-18-10-11-20-21(15-18)30-23(29-20)12-3-4-13-23/h5-6,9-11,14-15,17,25H,1-4,7-8,12-13H2,(H,24,26). The monoisotopic (exact) mass is 442 g/mol. The maximum absolute atomic E-state index is 12.8. The molecule has 2 aromatic rings. The zero-order valence-electron chi connectivity index (χ0n) is 17.2. The highest BCUT2D eigenvalue weighted by atomic mass is 32.2. The molecular weight excluding hydrogens is 416 g/mol. The lowest BCUT2D eigenvalue weighted by Gasteiger charge is -2.21. The summed E-state index contributed by atoms with van der Waals surface area (Å²) in [6.07, 6.45) is 7.64. The number of carbonyl (C=O) groups excluding carboxylic acids is 1. The molecule has 5 rings (SSSR count). The molecule has 1 amide bonds. The Hall–Kier alpha value is -2.58. The van der Waals surface area contributed by atoms with Crippen LogP contribution in [0.3, 0.4) is 0 Å². The van der Waals surface area contributed by atoms with E-state index >= 15 is 0 Å². The Kier molecular flexibility index (Phi) is 5.14. The van der Waals surface area contributed by atoms with Gasteiger partial charge in [0.1, 0.15) is 0 Å². The molecule has 31 heavy (non-hydrogen) atoms. The van der Waals surface area contributed by atoms with Crippen LogP contribution in [0, 0.1) is 0 Å². The van der Waals surface area contributed by atoms with Gasteiger partial charge in [0.05, 0.1) is 4.90 Å². The first-order valence-corrected chi connectivity index (χ1v) is 12.4. The van der Waals surface area contributed by atoms with Gasteiger partial charge in [-0.2, -0.15) is 0 Å². The molecule has 0 bridgehead atoms. The summed E-state index contributed by atoms with van der Waals surface area (Å²) < 4.78 is 40.2. The lowest BCUT2D eigenvalue weighted by molar-refractivity contribution is -0.0716. The van der Waals surface area contributed by atoms with Crippen molar-refractivity contribution in [2.24, 2.45) is 0 Å². The molecule has 1 spiro atoms. The fourth-order valence-corrected chi connectivity index (χ4v) is 5.98. The number of carbonyl (C=O) groups is 1. The molecule has 7 nitrogen and oxygen atoms in total. The highest BCUT2D eigenvalue weighted by molar-refractivity contribution is 7.89. The predicted octanol–water partition coefficient (Wildman–Crippen LogP) is 4.20. The quantitative estimate of drug-likeness (QED) is 0.724. The van der Waals surface area contributed by atoms with Gasteiger partial charge >= 0.3 is 0 Å². The van der Waals surface area contributed by atoms with Gasteiger partial charge in [-0.1, -0.05) is 18.9 Å². The Morgan fingerprint density at radius 1 is 0.935 bits per heavy atom. The number of hydrogen-bond acceptors (Lipinski definition) is 5. The summed E-state index contributed by atoms with van der Waals surface area (Å²) >= 11 is 0. The molecule has 0 unspecified atom stereocenters. The molecule has 0 radical (unpaired) electrons. The highest BCUT2D eigenvalue weighted by Gasteiger charge is 2.44. The van der Waals surface area contributed by atoms with E-state index in [0.29, 0.717) is 17.2 Å². The Balaban J connectivity index is 1.30. The van der Waals surface area contributed by atoms with Gasteiger partial charge in [-0.3, -0.25) is 4.79 Å². The first kappa shape index (κ1) is 20.3. The normalized spacial score (nSPS) is 19.7. The van der Waals surface area contributed by atoms with Crippen LogP contribution in [-0.2, 0) is 10.0 Å². The molecule has 1 heterocycles. The second kappa shape index (κ2) is 7.84. The Morgan fingerprint density at radius 2 is 1.68 bits per heavy atom. The van der Waals surface area contributed by atoms with Gasteiger partial charge in [0.25, 0.3) is 11.7 Å². The van der Waals surface area contributed by atoms with Crippen molar-refractivity contribution in [1.29, 1.82) is 0 Å². The molecule has 2 saturated carbocycles. The predicted molar refractivity (Wildman–Crippen MR) is 116 cm³/mol. The largest absolute Gasteiger partial charge is 0.448 e. The second-order valence-electron chi connectivity index (χ2n) is 8.57. The van der Waals surface area contributed by atoms with Crippen LogP contribution in [0.5, 0.6) is 11.5 Å². The van der Waals surface area contributed by atoms with Gasteiger partial charge in [-0.15, -0.1) is 0 Å². The van der Waals surface area contributed by atoms with Gasteiger partial charge in [0, 0.05) is 36.2 Å². The van der Waals surface area contributed by atoms with E-state index < -0.39 is 15.8 Å². The molecule has 0 aromatic heterocycles. The number of rotatable bonds is 5. The first-order valence-electron chi connectivity index (χ1n) is 10.9. The van der Waals surface area contributed by atoms with Crippen LogP contribution in [0.2, 0.25) is 0 Å². The summed E-state index contributed by atoms with van der Waals surface area (Å²) in [7, 11) is -3.66. The van der Waals surface area contributed by atoms with Crippen LogP contribution >= 0.6 is 0 Å². The molecule has 1 aliphatic heterocycles. The van der Waals surface area contributed by atoms with Crippen molar-refractivity contribution in [3.63, 3.8) is 0 Å². The first-order chi connectivity index (χ1) is 14.9. The lowest BCUT2D eigenvalue weighted by atomic mass is 10.2. The zero-order valence-corrected chi connectivity index (χ0v) is 18.0. The topological polar surface area (TPSA) is 93.7 Å². The SMILES string of the molecule is O=C(Nc1ccc2c(c1)OC1(CCCC1)O2)c1cccc(S(=O)(=O)NC2CCCC2)c1. The number of amides is 1. The number of sulfonamides is 1. The van der Waals surface area contributed by atoms with Crippen LogP contribution in [-0.4, -0.2) is 26.2 Å². The molecule has 0 saturated heterocycles.